The van der Waals surface area contributed by atoms with Crippen molar-refractivity contribution in [1.29, 1.82) is 0 Å². The molecule has 1 aromatic rings. The fourth-order valence-electron chi connectivity index (χ4n) is 1.17. The van der Waals surface area contributed by atoms with Crippen LogP contribution >= 0.6 is 11.6 Å². The van der Waals surface area contributed by atoms with Crippen LogP contribution in [-0.4, -0.2) is 6.00 Å². The molecule has 0 aliphatic rings. The fourth-order valence-corrected chi connectivity index (χ4v) is 1.32. The maximum absolute atomic E-state index is 5.55. The van der Waals surface area contributed by atoms with E-state index in [0.717, 1.165) is 5.69 Å². The van der Waals surface area contributed by atoms with Gasteiger partial charge >= 0.3 is 0 Å². The molecule has 0 aliphatic heterocycles. The Labute approximate surface area is 85.1 Å². The first-order valence-corrected chi connectivity index (χ1v) is 4.98. The van der Waals surface area contributed by atoms with Crippen molar-refractivity contribution in [2.24, 2.45) is 0 Å². The summed E-state index contributed by atoms with van der Waals surface area (Å²) in [6.45, 7) is 6.62. The Morgan fingerprint density at radius 2 is 1.69 bits per heavy atom. The molecule has 0 radical (unpaired) electrons. The minimum absolute atomic E-state index is 0.222. The molecule has 0 spiro atoms. The average molecular weight is 198 g/mol. The highest BCUT2D eigenvalue weighted by atomic mass is 35.5. The third-order valence-electron chi connectivity index (χ3n) is 2.02. The van der Waals surface area contributed by atoms with Gasteiger partial charge in [-0.15, -0.1) is 11.6 Å². The minimum Gasteiger partial charge on any atom is -0.372 e. The molecule has 1 N–H and O–H groups in total. The Bertz CT molecular complexity index is 258. The molecule has 0 atom stereocenters. The van der Waals surface area contributed by atoms with Gasteiger partial charge in [-0.3, -0.25) is 0 Å². The summed E-state index contributed by atoms with van der Waals surface area (Å²) >= 11 is 5.55. The van der Waals surface area contributed by atoms with Crippen molar-refractivity contribution in [2.45, 2.75) is 26.2 Å². The number of hydrogen-bond donors (Lipinski definition) is 1. The summed E-state index contributed by atoms with van der Waals surface area (Å²) in [6, 6.07) is 8.84. The average Bonchev–Trinajstić information content (AvgIpc) is 2.04. The van der Waals surface area contributed by atoms with E-state index in [1.54, 1.807) is 0 Å². The second kappa shape index (κ2) is 4.01. The molecule has 0 amide bonds. The first-order chi connectivity index (χ1) is 6.04. The minimum atomic E-state index is 0.222. The highest BCUT2D eigenvalue weighted by Crippen LogP contribution is 2.23. The van der Waals surface area contributed by atoms with Gasteiger partial charge in [0.25, 0.3) is 0 Å². The number of alkyl halides is 1. The maximum Gasteiger partial charge on any atom is 0.0901 e. The van der Waals surface area contributed by atoms with Crippen molar-refractivity contribution in [3.8, 4) is 0 Å². The van der Waals surface area contributed by atoms with Crippen LogP contribution in [-0.2, 0) is 5.41 Å². The monoisotopic (exact) mass is 197 g/mol. The molecule has 1 nitrogen and oxygen atoms in total. The standard InChI is InChI=1S/C11H16ClN/c1-11(2,3)9-4-6-10(7-5-9)13-8-12/h4-7,13H,8H2,1-3H3. The summed E-state index contributed by atoms with van der Waals surface area (Å²) in [6.07, 6.45) is 0. The summed E-state index contributed by atoms with van der Waals surface area (Å²) in [5.74, 6) is 0. The molecule has 0 saturated carbocycles. The fraction of sp³-hybridized carbons (Fsp3) is 0.455. The van der Waals surface area contributed by atoms with E-state index in [1.807, 2.05) is 0 Å². The van der Waals surface area contributed by atoms with Crippen LogP contribution in [0, 0.1) is 0 Å². The summed E-state index contributed by atoms with van der Waals surface area (Å²) in [7, 11) is 0. The van der Waals surface area contributed by atoms with E-state index in [0.29, 0.717) is 6.00 Å². The Morgan fingerprint density at radius 3 is 2.08 bits per heavy atom. The normalized spacial score (nSPS) is 11.4. The van der Waals surface area contributed by atoms with Gasteiger partial charge in [0.15, 0.2) is 0 Å². The van der Waals surface area contributed by atoms with Crippen LogP contribution in [0.4, 0.5) is 5.69 Å². The lowest BCUT2D eigenvalue weighted by Gasteiger charge is -2.19. The van der Waals surface area contributed by atoms with E-state index in [2.05, 4.69) is 50.4 Å². The Hall–Kier alpha value is -0.690. The lowest BCUT2D eigenvalue weighted by molar-refractivity contribution is 0.590. The van der Waals surface area contributed by atoms with Crippen molar-refractivity contribution in [3.05, 3.63) is 29.8 Å². The number of benzene rings is 1. The van der Waals surface area contributed by atoms with Crippen molar-refractivity contribution in [2.75, 3.05) is 11.3 Å². The third-order valence-corrected chi connectivity index (χ3v) is 2.16. The van der Waals surface area contributed by atoms with Gasteiger partial charge in [-0.05, 0) is 23.1 Å². The Kier molecular flexibility index (Phi) is 3.21. The van der Waals surface area contributed by atoms with Crippen LogP contribution in [0.5, 0.6) is 0 Å². The molecule has 13 heavy (non-hydrogen) atoms. The van der Waals surface area contributed by atoms with Gasteiger partial charge < -0.3 is 5.32 Å². The number of halogens is 1. The first kappa shape index (κ1) is 10.4. The quantitative estimate of drug-likeness (QED) is 0.565. The number of hydrogen-bond acceptors (Lipinski definition) is 1. The molecule has 0 fully saturated rings. The van der Waals surface area contributed by atoms with Crippen LogP contribution in [0.15, 0.2) is 24.3 Å². The number of nitrogens with one attached hydrogen (secondary N) is 1. The molecular weight excluding hydrogens is 182 g/mol. The molecule has 2 heteroatoms. The Morgan fingerprint density at radius 1 is 1.15 bits per heavy atom. The van der Waals surface area contributed by atoms with E-state index < -0.39 is 0 Å². The largest absolute Gasteiger partial charge is 0.372 e. The number of anilines is 1. The molecule has 0 unspecified atom stereocenters. The maximum atomic E-state index is 5.55. The zero-order valence-corrected chi connectivity index (χ0v) is 9.15. The zero-order chi connectivity index (χ0) is 9.90. The highest BCUT2D eigenvalue weighted by molar-refractivity contribution is 6.18. The molecule has 1 rings (SSSR count). The van der Waals surface area contributed by atoms with Crippen molar-refractivity contribution in [3.63, 3.8) is 0 Å². The molecule has 0 aromatic heterocycles. The highest BCUT2D eigenvalue weighted by Gasteiger charge is 2.12. The number of rotatable bonds is 2. The molecule has 0 heterocycles. The van der Waals surface area contributed by atoms with Crippen molar-refractivity contribution >= 4 is 17.3 Å². The van der Waals surface area contributed by atoms with Crippen LogP contribution in [0.3, 0.4) is 0 Å². The summed E-state index contributed by atoms with van der Waals surface area (Å²) < 4.78 is 0. The molecule has 0 bridgehead atoms. The van der Waals surface area contributed by atoms with Gasteiger partial charge in [0.2, 0.25) is 0 Å². The van der Waals surface area contributed by atoms with Gasteiger partial charge in [-0.25, -0.2) is 0 Å². The molecule has 0 saturated heterocycles. The SMILES string of the molecule is CC(C)(C)c1ccc(NCCl)cc1. The summed E-state index contributed by atoms with van der Waals surface area (Å²) in [5.41, 5.74) is 2.63. The van der Waals surface area contributed by atoms with Crippen LogP contribution in [0.25, 0.3) is 0 Å². The summed E-state index contributed by atoms with van der Waals surface area (Å²) in [4.78, 5) is 0. The van der Waals surface area contributed by atoms with Crippen molar-refractivity contribution in [1.82, 2.24) is 0 Å². The summed E-state index contributed by atoms with van der Waals surface area (Å²) in [5, 5.41) is 3.05. The lowest BCUT2D eigenvalue weighted by Crippen LogP contribution is -2.10. The first-order valence-electron chi connectivity index (χ1n) is 4.44. The molecule has 1 aromatic carbocycles. The molecule has 72 valence electrons. The van der Waals surface area contributed by atoms with Gasteiger partial charge in [-0.2, -0.15) is 0 Å². The van der Waals surface area contributed by atoms with Crippen LogP contribution in [0.1, 0.15) is 26.3 Å². The topological polar surface area (TPSA) is 12.0 Å². The zero-order valence-electron chi connectivity index (χ0n) is 8.39. The van der Waals surface area contributed by atoms with E-state index >= 15 is 0 Å². The van der Waals surface area contributed by atoms with E-state index in [1.165, 1.54) is 5.56 Å². The van der Waals surface area contributed by atoms with E-state index in [-0.39, 0.29) is 5.41 Å². The van der Waals surface area contributed by atoms with Gasteiger partial charge in [-0.1, -0.05) is 32.9 Å². The van der Waals surface area contributed by atoms with E-state index in [9.17, 15) is 0 Å². The Balaban J connectivity index is 2.81. The smallest absolute Gasteiger partial charge is 0.0901 e. The predicted octanol–water partition coefficient (Wildman–Crippen LogP) is 3.59. The second-order valence-corrected chi connectivity index (χ2v) is 4.41. The predicted molar refractivity (Wildman–Crippen MR) is 59.5 cm³/mol. The van der Waals surface area contributed by atoms with Gasteiger partial charge in [0.1, 0.15) is 0 Å². The third kappa shape index (κ3) is 2.92. The van der Waals surface area contributed by atoms with Gasteiger partial charge in [0.05, 0.1) is 6.00 Å². The molecular formula is C11H16ClN. The van der Waals surface area contributed by atoms with Crippen LogP contribution < -0.4 is 5.32 Å². The second-order valence-electron chi connectivity index (χ2n) is 4.14. The van der Waals surface area contributed by atoms with Crippen molar-refractivity contribution < 1.29 is 0 Å². The van der Waals surface area contributed by atoms with E-state index in [4.69, 9.17) is 11.6 Å². The van der Waals surface area contributed by atoms with Crippen LogP contribution in [0.2, 0.25) is 0 Å². The van der Waals surface area contributed by atoms with Gasteiger partial charge in [0, 0.05) is 5.69 Å². The molecule has 0 aliphatic carbocycles. The lowest BCUT2D eigenvalue weighted by atomic mass is 9.87.